The number of carbonyl (C=O) groups excluding carboxylic acids is 1. The molecule has 6 rings (SSSR count). The van der Waals surface area contributed by atoms with Crippen molar-refractivity contribution in [3.63, 3.8) is 0 Å². The summed E-state index contributed by atoms with van der Waals surface area (Å²) < 4.78 is 16.8. The molecule has 9 heteroatoms. The quantitative estimate of drug-likeness (QED) is 0.325. The monoisotopic (exact) mass is 508 g/mol. The van der Waals surface area contributed by atoms with Gasteiger partial charge in [0.2, 0.25) is 11.7 Å². The lowest BCUT2D eigenvalue weighted by molar-refractivity contribution is -0.121. The fourth-order valence-electron chi connectivity index (χ4n) is 4.88. The fraction of sp³-hybridized carbons (Fsp3) is 0.172. The van der Waals surface area contributed by atoms with Crippen molar-refractivity contribution in [2.75, 3.05) is 6.54 Å². The first-order valence-electron chi connectivity index (χ1n) is 12.5. The van der Waals surface area contributed by atoms with E-state index in [1.165, 1.54) is 16.7 Å². The third-order valence-corrected chi connectivity index (χ3v) is 6.80. The molecule has 0 saturated carbocycles. The number of benzene rings is 3. The highest BCUT2D eigenvalue weighted by atomic mass is 19.1. The van der Waals surface area contributed by atoms with Crippen molar-refractivity contribution in [3.8, 4) is 0 Å². The Morgan fingerprint density at radius 1 is 0.921 bits per heavy atom. The number of para-hydroxylation sites is 2. The summed E-state index contributed by atoms with van der Waals surface area (Å²) in [6.45, 7) is 0.751. The van der Waals surface area contributed by atoms with E-state index in [0.717, 1.165) is 28.5 Å². The van der Waals surface area contributed by atoms with Gasteiger partial charge in [0.05, 0.1) is 17.4 Å². The summed E-state index contributed by atoms with van der Waals surface area (Å²) in [6, 6.07) is 21.4. The van der Waals surface area contributed by atoms with Crippen molar-refractivity contribution in [2.45, 2.75) is 25.8 Å². The third kappa shape index (κ3) is 4.43. The number of aromatic amines is 1. The van der Waals surface area contributed by atoms with Gasteiger partial charge in [-0.1, -0.05) is 42.5 Å². The number of hydrogen-bond donors (Lipinski definition) is 2. The van der Waals surface area contributed by atoms with Gasteiger partial charge in [0.25, 0.3) is 5.56 Å². The zero-order chi connectivity index (χ0) is 26.1. The Hall–Kier alpha value is -4.79. The molecule has 0 radical (unpaired) electrons. The van der Waals surface area contributed by atoms with Crippen LogP contribution in [0.25, 0.3) is 27.6 Å². The van der Waals surface area contributed by atoms with Gasteiger partial charge >= 0.3 is 0 Å². The predicted molar refractivity (Wildman–Crippen MR) is 144 cm³/mol. The highest BCUT2D eigenvalue weighted by Gasteiger charge is 2.17. The van der Waals surface area contributed by atoms with Crippen molar-refractivity contribution >= 4 is 33.5 Å². The summed E-state index contributed by atoms with van der Waals surface area (Å²) in [5.74, 6) is 0.559. The van der Waals surface area contributed by atoms with Crippen molar-refractivity contribution < 1.29 is 9.18 Å². The molecule has 0 atom stereocenters. The molecule has 2 N–H and O–H groups in total. The molecule has 0 aliphatic heterocycles. The second-order valence-corrected chi connectivity index (χ2v) is 9.25. The lowest BCUT2D eigenvalue weighted by Gasteiger charge is -2.11. The van der Waals surface area contributed by atoms with E-state index in [0.29, 0.717) is 35.5 Å². The van der Waals surface area contributed by atoms with E-state index in [1.807, 2.05) is 47.0 Å². The van der Waals surface area contributed by atoms with E-state index in [4.69, 9.17) is 0 Å². The lowest BCUT2D eigenvalue weighted by atomic mass is 10.1. The van der Waals surface area contributed by atoms with Gasteiger partial charge in [-0.15, -0.1) is 10.2 Å². The Bertz CT molecular complexity index is 1830. The number of carbonyl (C=O) groups is 1. The zero-order valence-electron chi connectivity index (χ0n) is 20.5. The Labute approximate surface area is 216 Å². The number of nitrogens with one attached hydrogen (secondary N) is 2. The normalized spacial score (nSPS) is 11.5. The highest BCUT2D eigenvalue weighted by molar-refractivity contribution is 5.83. The maximum atomic E-state index is 13.4. The molecule has 3 heterocycles. The Kier molecular flexibility index (Phi) is 6.17. The first-order valence-corrected chi connectivity index (χ1v) is 12.5. The minimum Gasteiger partial charge on any atom is -0.361 e. The average molecular weight is 509 g/mol. The van der Waals surface area contributed by atoms with Crippen LogP contribution < -0.4 is 10.9 Å². The Morgan fingerprint density at radius 2 is 1.68 bits per heavy atom. The molecule has 38 heavy (non-hydrogen) atoms. The van der Waals surface area contributed by atoms with Crippen LogP contribution in [-0.2, 0) is 24.2 Å². The molecule has 3 aromatic carbocycles. The summed E-state index contributed by atoms with van der Waals surface area (Å²) >= 11 is 0. The van der Waals surface area contributed by atoms with Gasteiger partial charge in [0.15, 0.2) is 0 Å². The average Bonchev–Trinajstić information content (AvgIpc) is 3.55. The van der Waals surface area contributed by atoms with E-state index in [9.17, 15) is 14.0 Å². The number of aryl methyl sites for hydroxylation is 1. The standard InChI is InChI=1S/C29H25FN6O2/c30-21-11-9-19(10-12-21)18-35-28(38)23-6-2-4-8-25(23)36-26(33-34-29(35)36)13-14-27(37)31-16-15-20-17-32-24-7-3-1-5-22(20)24/h1-12,17,32H,13-16,18H2,(H,31,37). The van der Waals surface area contributed by atoms with Crippen LogP contribution in [0, 0.1) is 5.82 Å². The van der Waals surface area contributed by atoms with Crippen LogP contribution in [0.3, 0.4) is 0 Å². The number of rotatable bonds is 8. The van der Waals surface area contributed by atoms with E-state index in [-0.39, 0.29) is 30.2 Å². The fourth-order valence-corrected chi connectivity index (χ4v) is 4.88. The topological polar surface area (TPSA) is 97.1 Å². The first-order chi connectivity index (χ1) is 18.6. The van der Waals surface area contributed by atoms with Gasteiger partial charge in [0, 0.05) is 36.5 Å². The minimum atomic E-state index is -0.339. The molecular formula is C29H25FN6O2. The number of H-pyrrole nitrogens is 1. The minimum absolute atomic E-state index is 0.0782. The van der Waals surface area contributed by atoms with E-state index >= 15 is 0 Å². The van der Waals surface area contributed by atoms with Gasteiger partial charge < -0.3 is 10.3 Å². The van der Waals surface area contributed by atoms with Crippen LogP contribution in [-0.4, -0.2) is 36.6 Å². The van der Waals surface area contributed by atoms with Crippen LogP contribution in [0.15, 0.2) is 83.8 Å². The van der Waals surface area contributed by atoms with Crippen molar-refractivity contribution in [3.05, 3.63) is 112 Å². The van der Waals surface area contributed by atoms with Gasteiger partial charge in [-0.05, 0) is 47.9 Å². The number of halogens is 1. The molecule has 1 amide bonds. The Balaban J connectivity index is 1.21. The summed E-state index contributed by atoms with van der Waals surface area (Å²) in [5.41, 5.74) is 3.49. The molecular weight excluding hydrogens is 483 g/mol. The lowest BCUT2D eigenvalue weighted by Crippen LogP contribution is -2.26. The van der Waals surface area contributed by atoms with Gasteiger partial charge in [0.1, 0.15) is 11.6 Å². The van der Waals surface area contributed by atoms with Crippen molar-refractivity contribution in [2.24, 2.45) is 0 Å². The van der Waals surface area contributed by atoms with E-state index in [2.05, 4.69) is 26.6 Å². The molecule has 0 bridgehead atoms. The maximum Gasteiger partial charge on any atom is 0.263 e. The number of nitrogens with zero attached hydrogens (tertiary/aromatic N) is 4. The molecule has 0 aliphatic rings. The third-order valence-electron chi connectivity index (χ3n) is 6.80. The first kappa shape index (κ1) is 23.6. The number of hydrogen-bond acceptors (Lipinski definition) is 4. The summed E-state index contributed by atoms with van der Waals surface area (Å²) in [5, 5.41) is 13.3. The molecule has 3 aromatic heterocycles. The molecule has 0 aliphatic carbocycles. The summed E-state index contributed by atoms with van der Waals surface area (Å²) in [7, 11) is 0. The van der Waals surface area contributed by atoms with Crippen LogP contribution in [0.5, 0.6) is 0 Å². The largest absolute Gasteiger partial charge is 0.361 e. The molecule has 0 fully saturated rings. The molecule has 0 spiro atoms. The van der Waals surface area contributed by atoms with Crippen LogP contribution in [0.2, 0.25) is 0 Å². The summed E-state index contributed by atoms with van der Waals surface area (Å²) in [6.07, 6.45) is 3.30. The zero-order valence-corrected chi connectivity index (χ0v) is 20.5. The predicted octanol–water partition coefficient (Wildman–Crippen LogP) is 4.00. The van der Waals surface area contributed by atoms with Crippen LogP contribution in [0.4, 0.5) is 4.39 Å². The second kappa shape index (κ2) is 9.93. The maximum absolute atomic E-state index is 13.4. The highest BCUT2D eigenvalue weighted by Crippen LogP contribution is 2.18. The summed E-state index contributed by atoms with van der Waals surface area (Å²) in [4.78, 5) is 29.2. The van der Waals surface area contributed by atoms with Crippen molar-refractivity contribution in [1.29, 1.82) is 0 Å². The van der Waals surface area contributed by atoms with E-state index in [1.54, 1.807) is 18.2 Å². The molecule has 6 aromatic rings. The smallest absolute Gasteiger partial charge is 0.263 e. The van der Waals surface area contributed by atoms with Crippen LogP contribution >= 0.6 is 0 Å². The SMILES string of the molecule is O=C(CCc1nnc2n(Cc3ccc(F)cc3)c(=O)c3ccccc3n12)NCCc1c[nH]c2ccccc12. The van der Waals surface area contributed by atoms with Gasteiger partial charge in [-0.25, -0.2) is 4.39 Å². The molecule has 8 nitrogen and oxygen atoms in total. The molecule has 0 saturated heterocycles. The number of fused-ring (bicyclic) bond motifs is 4. The second-order valence-electron chi connectivity index (χ2n) is 9.25. The number of aromatic nitrogens is 5. The molecule has 0 unspecified atom stereocenters. The van der Waals surface area contributed by atoms with E-state index < -0.39 is 0 Å². The van der Waals surface area contributed by atoms with Gasteiger partial charge in [-0.2, -0.15) is 0 Å². The Morgan fingerprint density at radius 3 is 2.53 bits per heavy atom. The van der Waals surface area contributed by atoms with Crippen molar-refractivity contribution in [1.82, 2.24) is 29.5 Å². The van der Waals surface area contributed by atoms with Crippen LogP contribution in [0.1, 0.15) is 23.4 Å². The van der Waals surface area contributed by atoms with Gasteiger partial charge in [-0.3, -0.25) is 18.6 Å². The number of amides is 1. The molecule has 190 valence electrons.